The van der Waals surface area contributed by atoms with Crippen molar-refractivity contribution in [1.29, 1.82) is 0 Å². The fourth-order valence-corrected chi connectivity index (χ4v) is 1.32. The Morgan fingerprint density at radius 3 is 2.58 bits per heavy atom. The van der Waals surface area contributed by atoms with Crippen molar-refractivity contribution in [2.75, 3.05) is 6.61 Å². The molecule has 1 aliphatic heterocycles. The largest absolute Gasteiger partial charge is 0.373 e. The van der Waals surface area contributed by atoms with Crippen molar-refractivity contribution in [3.05, 3.63) is 10.1 Å². The quantitative estimate of drug-likeness (QED) is 0.359. The van der Waals surface area contributed by atoms with Crippen molar-refractivity contribution in [2.24, 2.45) is 5.92 Å². The van der Waals surface area contributed by atoms with Gasteiger partial charge in [0.1, 0.15) is 0 Å². The molecule has 0 aliphatic carbocycles. The van der Waals surface area contributed by atoms with Gasteiger partial charge in [0.2, 0.25) is 6.04 Å². The van der Waals surface area contributed by atoms with Crippen molar-refractivity contribution in [3.8, 4) is 0 Å². The summed E-state index contributed by atoms with van der Waals surface area (Å²) in [5.74, 6) is 0.388. The maximum Gasteiger partial charge on any atom is 0.216 e. The Labute approximate surface area is 72.1 Å². The fourth-order valence-electron chi connectivity index (χ4n) is 1.32. The lowest BCUT2D eigenvalue weighted by molar-refractivity contribution is -0.525. The molecule has 4 nitrogen and oxygen atoms in total. The molecule has 0 N–H and O–H groups in total. The maximum atomic E-state index is 10.5. The predicted octanol–water partition coefficient (Wildman–Crippen LogP) is 1.47. The van der Waals surface area contributed by atoms with Crippen LogP contribution in [0.5, 0.6) is 0 Å². The van der Waals surface area contributed by atoms with Gasteiger partial charge < -0.3 is 4.74 Å². The number of epoxide rings is 1. The lowest BCUT2D eigenvalue weighted by Crippen LogP contribution is -2.23. The molecule has 4 heteroatoms. The van der Waals surface area contributed by atoms with E-state index in [0.717, 1.165) is 0 Å². The Kier molecular flexibility index (Phi) is 3.03. The molecule has 0 aromatic heterocycles. The van der Waals surface area contributed by atoms with Gasteiger partial charge in [0.25, 0.3) is 0 Å². The van der Waals surface area contributed by atoms with Crippen LogP contribution in [-0.2, 0) is 4.74 Å². The van der Waals surface area contributed by atoms with Crippen LogP contribution in [0.3, 0.4) is 0 Å². The number of hydrogen-bond donors (Lipinski definition) is 0. The Morgan fingerprint density at radius 1 is 1.67 bits per heavy atom. The van der Waals surface area contributed by atoms with Crippen LogP contribution in [0.15, 0.2) is 0 Å². The monoisotopic (exact) mass is 173 g/mol. The van der Waals surface area contributed by atoms with Gasteiger partial charge in [-0.25, -0.2) is 0 Å². The van der Waals surface area contributed by atoms with Crippen molar-refractivity contribution < 1.29 is 9.66 Å². The van der Waals surface area contributed by atoms with E-state index in [9.17, 15) is 10.1 Å². The zero-order valence-corrected chi connectivity index (χ0v) is 7.53. The standard InChI is InChI=1S/C8H15NO3/c1-6(2)3-7(9(10)11)4-8-5-12-8/h6-8H,3-5H2,1-2H3/t7-,8?/m0/s1. The van der Waals surface area contributed by atoms with Crippen LogP contribution in [0.2, 0.25) is 0 Å². The molecule has 1 heterocycles. The SMILES string of the molecule is CC(C)C[C@@H](CC1CO1)[N+](=O)[O-]. The Bertz CT molecular complexity index is 162. The molecule has 1 fully saturated rings. The Hall–Kier alpha value is -0.640. The van der Waals surface area contributed by atoms with Gasteiger partial charge in [0.15, 0.2) is 0 Å². The van der Waals surface area contributed by atoms with Gasteiger partial charge >= 0.3 is 0 Å². The van der Waals surface area contributed by atoms with Gasteiger partial charge in [0, 0.05) is 17.8 Å². The molecule has 1 rings (SSSR count). The highest BCUT2D eigenvalue weighted by atomic mass is 16.6. The summed E-state index contributed by atoms with van der Waals surface area (Å²) < 4.78 is 4.97. The van der Waals surface area contributed by atoms with Crippen molar-refractivity contribution in [3.63, 3.8) is 0 Å². The van der Waals surface area contributed by atoms with Crippen LogP contribution in [0.25, 0.3) is 0 Å². The minimum atomic E-state index is -0.405. The third-order valence-corrected chi connectivity index (χ3v) is 1.98. The second kappa shape index (κ2) is 3.85. The third kappa shape index (κ3) is 3.17. The first-order chi connectivity index (χ1) is 5.59. The molecule has 12 heavy (non-hydrogen) atoms. The van der Waals surface area contributed by atoms with E-state index >= 15 is 0 Å². The molecular weight excluding hydrogens is 158 g/mol. The average Bonchev–Trinajstić information content (AvgIpc) is 2.68. The summed E-state index contributed by atoms with van der Waals surface area (Å²) in [7, 11) is 0. The van der Waals surface area contributed by atoms with Gasteiger partial charge in [-0.1, -0.05) is 13.8 Å². The van der Waals surface area contributed by atoms with E-state index in [0.29, 0.717) is 25.4 Å². The molecule has 0 saturated carbocycles. The number of nitrogens with zero attached hydrogens (tertiary/aromatic N) is 1. The van der Waals surface area contributed by atoms with Crippen LogP contribution in [-0.4, -0.2) is 23.7 Å². The normalized spacial score (nSPS) is 24.1. The van der Waals surface area contributed by atoms with Gasteiger partial charge in [-0.15, -0.1) is 0 Å². The highest BCUT2D eigenvalue weighted by molar-refractivity contribution is 4.74. The molecule has 1 unspecified atom stereocenters. The zero-order chi connectivity index (χ0) is 9.14. The smallest absolute Gasteiger partial charge is 0.216 e. The first-order valence-corrected chi connectivity index (χ1v) is 4.34. The number of nitro groups is 1. The number of ether oxygens (including phenoxy) is 1. The van der Waals surface area contributed by atoms with Gasteiger partial charge in [0.05, 0.1) is 12.7 Å². The van der Waals surface area contributed by atoms with E-state index in [-0.39, 0.29) is 11.0 Å². The van der Waals surface area contributed by atoms with E-state index < -0.39 is 6.04 Å². The molecule has 70 valence electrons. The lowest BCUT2D eigenvalue weighted by atomic mass is 10.0. The minimum Gasteiger partial charge on any atom is -0.373 e. The summed E-state index contributed by atoms with van der Waals surface area (Å²) in [4.78, 5) is 10.4. The van der Waals surface area contributed by atoms with E-state index in [2.05, 4.69) is 0 Å². The third-order valence-electron chi connectivity index (χ3n) is 1.98. The van der Waals surface area contributed by atoms with E-state index in [1.165, 1.54) is 0 Å². The number of hydrogen-bond acceptors (Lipinski definition) is 3. The highest BCUT2D eigenvalue weighted by Gasteiger charge is 2.32. The Balaban J connectivity index is 2.31. The molecule has 1 saturated heterocycles. The van der Waals surface area contributed by atoms with E-state index in [1.54, 1.807) is 0 Å². The first kappa shape index (κ1) is 9.45. The second-order valence-corrected chi connectivity index (χ2v) is 3.76. The van der Waals surface area contributed by atoms with Crippen molar-refractivity contribution >= 4 is 0 Å². The van der Waals surface area contributed by atoms with Gasteiger partial charge in [-0.2, -0.15) is 0 Å². The van der Waals surface area contributed by atoms with Crippen LogP contribution in [0, 0.1) is 16.0 Å². The van der Waals surface area contributed by atoms with Crippen LogP contribution in [0.4, 0.5) is 0 Å². The summed E-state index contributed by atoms with van der Waals surface area (Å²) >= 11 is 0. The first-order valence-electron chi connectivity index (χ1n) is 4.34. The van der Waals surface area contributed by atoms with Crippen LogP contribution in [0.1, 0.15) is 26.7 Å². The van der Waals surface area contributed by atoms with E-state index in [1.807, 2.05) is 13.8 Å². The summed E-state index contributed by atoms with van der Waals surface area (Å²) in [6.07, 6.45) is 1.41. The summed E-state index contributed by atoms with van der Waals surface area (Å²) in [5.41, 5.74) is 0. The second-order valence-electron chi connectivity index (χ2n) is 3.76. The van der Waals surface area contributed by atoms with Gasteiger partial charge in [-0.3, -0.25) is 10.1 Å². The van der Waals surface area contributed by atoms with Crippen molar-refractivity contribution in [2.45, 2.75) is 38.8 Å². The molecule has 0 spiro atoms. The molecule has 0 aromatic carbocycles. The maximum absolute atomic E-state index is 10.5. The number of rotatable bonds is 5. The lowest BCUT2D eigenvalue weighted by Gasteiger charge is -2.09. The van der Waals surface area contributed by atoms with Crippen molar-refractivity contribution in [1.82, 2.24) is 0 Å². The fraction of sp³-hybridized carbons (Fsp3) is 1.00. The van der Waals surface area contributed by atoms with Crippen LogP contribution < -0.4 is 0 Å². The minimum absolute atomic E-state index is 0.166. The molecule has 0 aromatic rings. The summed E-state index contributed by atoms with van der Waals surface area (Å²) in [6.45, 7) is 4.72. The summed E-state index contributed by atoms with van der Waals surface area (Å²) in [5, 5.41) is 10.5. The molecule has 0 bridgehead atoms. The predicted molar refractivity (Wildman–Crippen MR) is 44.6 cm³/mol. The average molecular weight is 173 g/mol. The van der Waals surface area contributed by atoms with Crippen LogP contribution >= 0.6 is 0 Å². The molecule has 1 aliphatic rings. The highest BCUT2D eigenvalue weighted by Crippen LogP contribution is 2.21. The molecule has 0 radical (unpaired) electrons. The van der Waals surface area contributed by atoms with E-state index in [4.69, 9.17) is 4.74 Å². The van der Waals surface area contributed by atoms with Gasteiger partial charge in [-0.05, 0) is 5.92 Å². The topological polar surface area (TPSA) is 55.7 Å². The zero-order valence-electron chi connectivity index (χ0n) is 7.53. The Morgan fingerprint density at radius 2 is 2.25 bits per heavy atom. The molecule has 2 atom stereocenters. The molecular formula is C8H15NO3. The summed E-state index contributed by atoms with van der Waals surface area (Å²) in [6, 6.07) is -0.405. The molecule has 0 amide bonds.